The third kappa shape index (κ3) is 6.90. The second kappa shape index (κ2) is 11.0. The highest BCUT2D eigenvalue weighted by Crippen LogP contribution is 2.21. The predicted octanol–water partition coefficient (Wildman–Crippen LogP) is 1.15. The molecule has 0 aromatic heterocycles. The minimum Gasteiger partial charge on any atom is -0.494 e. The lowest BCUT2D eigenvalue weighted by Crippen LogP contribution is -2.50. The summed E-state index contributed by atoms with van der Waals surface area (Å²) in [6.07, 6.45) is 2.73. The summed E-state index contributed by atoms with van der Waals surface area (Å²) < 4.78 is 32.4. The molecule has 10 heteroatoms. The lowest BCUT2D eigenvalue weighted by Gasteiger charge is -2.34. The van der Waals surface area contributed by atoms with Crippen LogP contribution in [0.5, 0.6) is 5.75 Å². The molecule has 0 spiro atoms. The molecule has 162 valence electrons. The summed E-state index contributed by atoms with van der Waals surface area (Å²) in [7, 11) is -3.58. The van der Waals surface area contributed by atoms with Gasteiger partial charge < -0.3 is 20.7 Å². The van der Waals surface area contributed by atoms with Crippen LogP contribution in [0.1, 0.15) is 32.6 Å². The molecule has 0 atom stereocenters. The molecule has 0 radical (unpaired) electrons. The first-order valence-electron chi connectivity index (χ1n) is 9.88. The number of carbonyl (C=O) groups excluding carboxylic acids is 2. The number of amides is 3. The lowest BCUT2D eigenvalue weighted by atomic mass is 10.1. The van der Waals surface area contributed by atoms with Crippen molar-refractivity contribution < 1.29 is 22.7 Å². The van der Waals surface area contributed by atoms with Crippen LogP contribution in [-0.2, 0) is 14.8 Å². The zero-order chi connectivity index (χ0) is 21.3. The first-order chi connectivity index (χ1) is 13.8. The molecule has 1 aliphatic rings. The van der Waals surface area contributed by atoms with Crippen molar-refractivity contribution in [3.63, 3.8) is 0 Å². The van der Waals surface area contributed by atoms with Gasteiger partial charge in [0, 0.05) is 39.1 Å². The molecule has 1 saturated heterocycles. The van der Waals surface area contributed by atoms with Crippen molar-refractivity contribution in [2.24, 2.45) is 5.73 Å². The monoisotopic (exact) mass is 426 g/mol. The van der Waals surface area contributed by atoms with Gasteiger partial charge in [-0.05, 0) is 44.0 Å². The second-order valence-electron chi connectivity index (χ2n) is 6.79. The fourth-order valence-electron chi connectivity index (χ4n) is 3.15. The van der Waals surface area contributed by atoms with Crippen LogP contribution in [0.15, 0.2) is 29.2 Å². The summed E-state index contributed by atoms with van der Waals surface area (Å²) in [5.41, 5.74) is 4.99. The van der Waals surface area contributed by atoms with Crippen LogP contribution in [0.4, 0.5) is 4.79 Å². The smallest absolute Gasteiger partial charge is 0.312 e. The number of nitrogens with one attached hydrogen (secondary N) is 1. The van der Waals surface area contributed by atoms with Crippen LogP contribution in [0, 0.1) is 0 Å². The van der Waals surface area contributed by atoms with Crippen molar-refractivity contribution in [2.75, 3.05) is 39.3 Å². The molecular weight excluding hydrogens is 396 g/mol. The predicted molar refractivity (Wildman–Crippen MR) is 109 cm³/mol. The lowest BCUT2D eigenvalue weighted by molar-refractivity contribution is -0.132. The van der Waals surface area contributed by atoms with Crippen LogP contribution in [0.25, 0.3) is 0 Å². The fraction of sp³-hybridized carbons (Fsp3) is 0.579. The van der Waals surface area contributed by atoms with Gasteiger partial charge in [-0.25, -0.2) is 13.2 Å². The van der Waals surface area contributed by atoms with Gasteiger partial charge in [-0.2, -0.15) is 4.31 Å². The number of urea groups is 1. The Morgan fingerprint density at radius 2 is 1.72 bits per heavy atom. The molecule has 1 aromatic carbocycles. The van der Waals surface area contributed by atoms with E-state index in [1.54, 1.807) is 29.2 Å². The number of sulfonamides is 1. The van der Waals surface area contributed by atoms with Gasteiger partial charge in [0.25, 0.3) is 0 Å². The van der Waals surface area contributed by atoms with E-state index in [1.807, 2.05) is 6.92 Å². The van der Waals surface area contributed by atoms with Crippen LogP contribution in [0.2, 0.25) is 0 Å². The van der Waals surface area contributed by atoms with Gasteiger partial charge in [-0.1, -0.05) is 6.42 Å². The van der Waals surface area contributed by atoms with Crippen LogP contribution in [0.3, 0.4) is 0 Å². The fourth-order valence-corrected chi connectivity index (χ4v) is 4.57. The Hall–Kier alpha value is -2.33. The highest BCUT2D eigenvalue weighted by molar-refractivity contribution is 7.89. The summed E-state index contributed by atoms with van der Waals surface area (Å²) in [6.45, 7) is 4.23. The Labute approximate surface area is 172 Å². The molecule has 0 saturated carbocycles. The number of hydrogen-bond donors (Lipinski definition) is 2. The van der Waals surface area contributed by atoms with Crippen LogP contribution >= 0.6 is 0 Å². The number of unbranched alkanes of at least 4 members (excludes halogenated alkanes) is 2. The van der Waals surface area contributed by atoms with E-state index in [0.29, 0.717) is 38.4 Å². The van der Waals surface area contributed by atoms with Gasteiger partial charge >= 0.3 is 6.03 Å². The molecule has 3 N–H and O–H groups in total. The maximum atomic E-state index is 12.8. The first kappa shape index (κ1) is 23.0. The van der Waals surface area contributed by atoms with Crippen molar-refractivity contribution in [1.29, 1.82) is 0 Å². The number of ether oxygens (including phenoxy) is 1. The minimum atomic E-state index is -3.58. The van der Waals surface area contributed by atoms with Crippen LogP contribution in [-0.4, -0.2) is 68.9 Å². The number of nitrogens with two attached hydrogens (primary N) is 1. The number of primary amides is 1. The molecule has 9 nitrogen and oxygen atoms in total. The Balaban J connectivity index is 1.77. The van der Waals surface area contributed by atoms with Gasteiger partial charge in [-0.15, -0.1) is 0 Å². The zero-order valence-corrected chi connectivity index (χ0v) is 17.6. The van der Waals surface area contributed by atoms with Gasteiger partial charge in [-0.3, -0.25) is 4.79 Å². The van der Waals surface area contributed by atoms with E-state index >= 15 is 0 Å². The van der Waals surface area contributed by atoms with Crippen molar-refractivity contribution in [1.82, 2.24) is 14.5 Å². The Kier molecular flexibility index (Phi) is 8.71. The van der Waals surface area contributed by atoms with Crippen molar-refractivity contribution in [2.45, 2.75) is 37.5 Å². The number of benzene rings is 1. The van der Waals surface area contributed by atoms with Gasteiger partial charge in [0.2, 0.25) is 15.9 Å². The summed E-state index contributed by atoms with van der Waals surface area (Å²) in [5, 5.41) is 2.51. The molecule has 1 aliphatic heterocycles. The van der Waals surface area contributed by atoms with Crippen molar-refractivity contribution in [3.8, 4) is 5.75 Å². The molecule has 29 heavy (non-hydrogen) atoms. The van der Waals surface area contributed by atoms with E-state index < -0.39 is 16.1 Å². The number of rotatable bonds is 10. The topological polar surface area (TPSA) is 122 Å². The molecular formula is C19H30N4O5S. The quantitative estimate of drug-likeness (QED) is 0.544. The normalized spacial score (nSPS) is 15.1. The summed E-state index contributed by atoms with van der Waals surface area (Å²) in [5.74, 6) is 0.665. The average molecular weight is 427 g/mol. The molecule has 1 aromatic rings. The van der Waals surface area contributed by atoms with E-state index in [9.17, 15) is 18.0 Å². The second-order valence-corrected chi connectivity index (χ2v) is 8.73. The van der Waals surface area contributed by atoms with E-state index in [0.717, 1.165) is 19.3 Å². The standard InChI is InChI=1S/C19H30N4O5S/c1-2-28-16-7-9-17(10-8-16)29(26,27)23-14-12-22(13-15-23)18(24)6-4-3-5-11-21-19(20)25/h7-10H,2-6,11-15H2,1H3,(H3,20,21,25). The van der Waals surface area contributed by atoms with Gasteiger partial charge in [0.05, 0.1) is 11.5 Å². The summed E-state index contributed by atoms with van der Waals surface area (Å²) in [4.78, 5) is 24.8. The number of carbonyl (C=O) groups is 2. The van der Waals surface area contributed by atoms with E-state index in [1.165, 1.54) is 4.31 Å². The highest BCUT2D eigenvalue weighted by Gasteiger charge is 2.29. The van der Waals surface area contributed by atoms with E-state index in [-0.39, 0.29) is 23.9 Å². The molecule has 1 fully saturated rings. The first-order valence-corrected chi connectivity index (χ1v) is 11.3. The van der Waals surface area contributed by atoms with E-state index in [4.69, 9.17) is 10.5 Å². The molecule has 0 unspecified atom stereocenters. The number of piperazine rings is 1. The molecule has 0 aliphatic carbocycles. The highest BCUT2D eigenvalue weighted by atomic mass is 32.2. The molecule has 2 rings (SSSR count). The Morgan fingerprint density at radius 3 is 2.31 bits per heavy atom. The molecule has 3 amide bonds. The van der Waals surface area contributed by atoms with Crippen molar-refractivity contribution in [3.05, 3.63) is 24.3 Å². The summed E-state index contributed by atoms with van der Waals surface area (Å²) in [6, 6.07) is 5.85. The van der Waals surface area contributed by atoms with Gasteiger partial charge in [0.15, 0.2) is 0 Å². The zero-order valence-electron chi connectivity index (χ0n) is 16.8. The SMILES string of the molecule is CCOc1ccc(S(=O)(=O)N2CCN(C(=O)CCCCCNC(N)=O)CC2)cc1. The van der Waals surface area contributed by atoms with Crippen LogP contribution < -0.4 is 15.8 Å². The number of nitrogens with zero attached hydrogens (tertiary/aromatic N) is 2. The maximum Gasteiger partial charge on any atom is 0.312 e. The third-order valence-electron chi connectivity index (χ3n) is 4.73. The summed E-state index contributed by atoms with van der Waals surface area (Å²) >= 11 is 0. The van der Waals surface area contributed by atoms with Crippen molar-refractivity contribution >= 4 is 22.0 Å². The Morgan fingerprint density at radius 1 is 1.07 bits per heavy atom. The minimum absolute atomic E-state index is 0.0333. The molecule has 0 bridgehead atoms. The average Bonchev–Trinajstić information content (AvgIpc) is 2.71. The molecule has 1 heterocycles. The van der Waals surface area contributed by atoms with E-state index in [2.05, 4.69) is 5.32 Å². The third-order valence-corrected chi connectivity index (χ3v) is 6.64. The largest absolute Gasteiger partial charge is 0.494 e. The van der Waals surface area contributed by atoms with Gasteiger partial charge in [0.1, 0.15) is 5.75 Å². The number of hydrogen-bond acceptors (Lipinski definition) is 5. The Bertz CT molecular complexity index is 774. The maximum absolute atomic E-state index is 12.8.